The summed E-state index contributed by atoms with van der Waals surface area (Å²) in [6.07, 6.45) is 1.75. The van der Waals surface area contributed by atoms with Gasteiger partial charge in [0, 0.05) is 12.0 Å². The minimum Gasteiger partial charge on any atom is -0.396 e. The van der Waals surface area contributed by atoms with Gasteiger partial charge in [-0.25, -0.2) is 0 Å². The quantitative estimate of drug-likeness (QED) is 0.554. The molecule has 0 aromatic carbocycles. The van der Waals surface area contributed by atoms with Crippen molar-refractivity contribution in [1.29, 1.82) is 0 Å². The second-order valence-corrected chi connectivity index (χ2v) is 3.92. The Kier molecular flexibility index (Phi) is 7.34. The maximum atomic E-state index is 11.3. The lowest BCUT2D eigenvalue weighted by Gasteiger charge is -2.29. The Labute approximate surface area is 92.4 Å². The van der Waals surface area contributed by atoms with E-state index in [0.29, 0.717) is 13.1 Å². The first-order valence-corrected chi connectivity index (χ1v) is 5.72. The highest BCUT2D eigenvalue weighted by Gasteiger charge is 2.25. The summed E-state index contributed by atoms with van der Waals surface area (Å²) in [6, 6.07) is 0. The maximum Gasteiger partial charge on any atom is 0.233 e. The molecule has 0 rings (SSSR count). The first-order chi connectivity index (χ1) is 7.14. The van der Waals surface area contributed by atoms with Crippen molar-refractivity contribution in [2.24, 2.45) is 5.41 Å². The first kappa shape index (κ1) is 14.4. The molecule has 0 aromatic heterocycles. The fraction of sp³-hybridized carbons (Fsp3) is 0.909. The molecule has 0 heterocycles. The topological polar surface area (TPSA) is 61.4 Å². The minimum absolute atomic E-state index is 0.00317. The van der Waals surface area contributed by atoms with Gasteiger partial charge >= 0.3 is 0 Å². The van der Waals surface area contributed by atoms with Crippen molar-refractivity contribution in [1.82, 2.24) is 10.6 Å². The zero-order chi connectivity index (χ0) is 11.7. The normalized spacial score (nSPS) is 11.5. The number of rotatable bonds is 8. The van der Waals surface area contributed by atoms with Gasteiger partial charge in [0.1, 0.15) is 0 Å². The van der Waals surface area contributed by atoms with Crippen LogP contribution >= 0.6 is 0 Å². The highest BCUT2D eigenvalue weighted by Crippen LogP contribution is 2.24. The lowest BCUT2D eigenvalue weighted by atomic mass is 9.83. The molecule has 90 valence electrons. The molecule has 0 aliphatic heterocycles. The van der Waals surface area contributed by atoms with Crippen molar-refractivity contribution in [3.05, 3.63) is 0 Å². The number of nitrogens with one attached hydrogen (secondary N) is 2. The Morgan fingerprint density at radius 2 is 1.87 bits per heavy atom. The summed E-state index contributed by atoms with van der Waals surface area (Å²) >= 11 is 0. The third-order valence-electron chi connectivity index (χ3n) is 3.03. The van der Waals surface area contributed by atoms with E-state index >= 15 is 0 Å². The van der Waals surface area contributed by atoms with E-state index in [0.717, 1.165) is 19.4 Å². The van der Waals surface area contributed by atoms with Gasteiger partial charge in [0.2, 0.25) is 5.91 Å². The van der Waals surface area contributed by atoms with Crippen LogP contribution < -0.4 is 10.6 Å². The SMILES string of the molecule is CCNCC(=O)NCC(CC)(CC)CO. The number of amides is 1. The fourth-order valence-electron chi connectivity index (χ4n) is 1.37. The number of carbonyl (C=O) groups excluding carboxylic acids is 1. The number of carbonyl (C=O) groups is 1. The van der Waals surface area contributed by atoms with E-state index in [1.54, 1.807) is 0 Å². The van der Waals surface area contributed by atoms with E-state index in [1.165, 1.54) is 0 Å². The van der Waals surface area contributed by atoms with E-state index in [9.17, 15) is 9.90 Å². The fourth-order valence-corrected chi connectivity index (χ4v) is 1.37. The Bertz CT molecular complexity index is 171. The van der Waals surface area contributed by atoms with Gasteiger partial charge < -0.3 is 15.7 Å². The molecule has 0 aliphatic carbocycles. The average molecular weight is 216 g/mol. The molecule has 4 heteroatoms. The standard InChI is InChI=1S/C11H24N2O2/c1-4-11(5-2,9-14)8-13-10(15)7-12-6-3/h12,14H,4-9H2,1-3H3,(H,13,15). The molecule has 0 unspecified atom stereocenters. The zero-order valence-corrected chi connectivity index (χ0v) is 10.1. The van der Waals surface area contributed by atoms with Gasteiger partial charge in [0.05, 0.1) is 13.2 Å². The molecule has 3 N–H and O–H groups in total. The van der Waals surface area contributed by atoms with Crippen LogP contribution in [0.2, 0.25) is 0 Å². The third kappa shape index (κ3) is 5.14. The van der Waals surface area contributed by atoms with Crippen LogP contribution in [-0.2, 0) is 4.79 Å². The van der Waals surface area contributed by atoms with E-state index in [4.69, 9.17) is 0 Å². The summed E-state index contributed by atoms with van der Waals surface area (Å²) in [5.41, 5.74) is -0.151. The van der Waals surface area contributed by atoms with Crippen molar-refractivity contribution in [2.75, 3.05) is 26.2 Å². The van der Waals surface area contributed by atoms with E-state index in [1.807, 2.05) is 20.8 Å². The summed E-state index contributed by atoms with van der Waals surface area (Å²) in [5.74, 6) is -0.00317. The van der Waals surface area contributed by atoms with Crippen LogP contribution in [0.3, 0.4) is 0 Å². The van der Waals surface area contributed by atoms with Gasteiger partial charge in [-0.1, -0.05) is 20.8 Å². The summed E-state index contributed by atoms with van der Waals surface area (Å²) in [5, 5.41) is 15.1. The van der Waals surface area contributed by atoms with Gasteiger partial charge in [-0.05, 0) is 19.4 Å². The molecule has 15 heavy (non-hydrogen) atoms. The van der Waals surface area contributed by atoms with Gasteiger partial charge in [0.15, 0.2) is 0 Å². The second-order valence-electron chi connectivity index (χ2n) is 3.92. The summed E-state index contributed by atoms with van der Waals surface area (Å²) in [7, 11) is 0. The molecule has 0 radical (unpaired) electrons. The molecule has 0 spiro atoms. The first-order valence-electron chi connectivity index (χ1n) is 5.72. The number of hydrogen-bond donors (Lipinski definition) is 3. The number of aliphatic hydroxyl groups is 1. The van der Waals surface area contributed by atoms with Gasteiger partial charge in [-0.2, -0.15) is 0 Å². The maximum absolute atomic E-state index is 11.3. The average Bonchev–Trinajstić information content (AvgIpc) is 2.29. The Hall–Kier alpha value is -0.610. The third-order valence-corrected chi connectivity index (χ3v) is 3.03. The van der Waals surface area contributed by atoms with Crippen molar-refractivity contribution >= 4 is 5.91 Å². The second kappa shape index (κ2) is 7.65. The molecule has 4 nitrogen and oxygen atoms in total. The molecule has 0 aromatic rings. The molecule has 0 saturated carbocycles. The van der Waals surface area contributed by atoms with Crippen LogP contribution in [0.4, 0.5) is 0 Å². The Morgan fingerprint density at radius 1 is 1.27 bits per heavy atom. The summed E-state index contributed by atoms with van der Waals surface area (Å²) < 4.78 is 0. The number of hydrogen-bond acceptors (Lipinski definition) is 3. The monoisotopic (exact) mass is 216 g/mol. The van der Waals surface area contributed by atoms with E-state index in [2.05, 4.69) is 10.6 Å². The Morgan fingerprint density at radius 3 is 2.27 bits per heavy atom. The molecular weight excluding hydrogens is 192 g/mol. The highest BCUT2D eigenvalue weighted by atomic mass is 16.3. The number of aliphatic hydroxyl groups excluding tert-OH is 1. The van der Waals surface area contributed by atoms with Crippen LogP contribution in [0.1, 0.15) is 33.6 Å². The highest BCUT2D eigenvalue weighted by molar-refractivity contribution is 5.78. The molecule has 0 bridgehead atoms. The molecule has 0 atom stereocenters. The molecule has 0 aliphatic rings. The van der Waals surface area contributed by atoms with Crippen molar-refractivity contribution < 1.29 is 9.90 Å². The van der Waals surface area contributed by atoms with Gasteiger partial charge in [0.25, 0.3) is 0 Å². The Balaban J connectivity index is 3.93. The smallest absolute Gasteiger partial charge is 0.233 e. The summed E-state index contributed by atoms with van der Waals surface area (Å²) in [6.45, 7) is 7.86. The largest absolute Gasteiger partial charge is 0.396 e. The van der Waals surface area contributed by atoms with Crippen LogP contribution in [0.5, 0.6) is 0 Å². The zero-order valence-electron chi connectivity index (χ0n) is 10.1. The molecular formula is C11H24N2O2. The molecule has 0 saturated heterocycles. The van der Waals surface area contributed by atoms with Crippen LogP contribution in [0.15, 0.2) is 0 Å². The lowest BCUT2D eigenvalue weighted by Crippen LogP contribution is -2.42. The van der Waals surface area contributed by atoms with Crippen molar-refractivity contribution in [3.8, 4) is 0 Å². The summed E-state index contributed by atoms with van der Waals surface area (Å²) in [4.78, 5) is 11.3. The predicted molar refractivity (Wildman–Crippen MR) is 61.7 cm³/mol. The minimum atomic E-state index is -0.151. The molecule has 1 amide bonds. The number of likely N-dealkylation sites (N-methyl/N-ethyl adjacent to an activating group) is 1. The van der Waals surface area contributed by atoms with Crippen LogP contribution in [-0.4, -0.2) is 37.3 Å². The molecule has 0 fully saturated rings. The lowest BCUT2D eigenvalue weighted by molar-refractivity contribution is -0.120. The van der Waals surface area contributed by atoms with Crippen LogP contribution in [0.25, 0.3) is 0 Å². The van der Waals surface area contributed by atoms with E-state index < -0.39 is 0 Å². The van der Waals surface area contributed by atoms with Gasteiger partial charge in [-0.3, -0.25) is 4.79 Å². The predicted octanol–water partition coefficient (Wildman–Crippen LogP) is 0.511. The van der Waals surface area contributed by atoms with Crippen LogP contribution in [0, 0.1) is 5.41 Å². The van der Waals surface area contributed by atoms with Crippen molar-refractivity contribution in [2.45, 2.75) is 33.6 Å². The van der Waals surface area contributed by atoms with E-state index in [-0.39, 0.29) is 17.9 Å². The van der Waals surface area contributed by atoms with Crippen molar-refractivity contribution in [3.63, 3.8) is 0 Å². The van der Waals surface area contributed by atoms with Gasteiger partial charge in [-0.15, -0.1) is 0 Å².